The standard InChI is InChI=1S/C21H24N2O4S/c1-5-27-21(26)18-14(2)19(16(24)13-23(3)4)28-20(18)22-17(25)12-11-15-9-7-6-8-10-15/h6-12H,5,13H2,1-4H3,(H,22,25)/b12-11+. The summed E-state index contributed by atoms with van der Waals surface area (Å²) >= 11 is 1.10. The number of ether oxygens (including phenoxy) is 1. The Labute approximate surface area is 168 Å². The van der Waals surface area contributed by atoms with Gasteiger partial charge in [-0.05, 0) is 45.1 Å². The lowest BCUT2D eigenvalue weighted by molar-refractivity contribution is -0.111. The molecule has 28 heavy (non-hydrogen) atoms. The molecule has 0 aliphatic carbocycles. The van der Waals surface area contributed by atoms with Crippen molar-refractivity contribution >= 4 is 40.1 Å². The third-order valence-electron chi connectivity index (χ3n) is 3.80. The van der Waals surface area contributed by atoms with Crippen molar-refractivity contribution in [2.75, 3.05) is 32.6 Å². The average Bonchev–Trinajstić information content (AvgIpc) is 2.96. The zero-order valence-electron chi connectivity index (χ0n) is 16.4. The second-order valence-electron chi connectivity index (χ2n) is 6.38. The van der Waals surface area contributed by atoms with Crippen LogP contribution >= 0.6 is 11.3 Å². The molecule has 0 spiro atoms. The van der Waals surface area contributed by atoms with Crippen molar-refractivity contribution in [3.05, 3.63) is 58.0 Å². The minimum Gasteiger partial charge on any atom is -0.462 e. The first-order chi connectivity index (χ1) is 13.3. The Morgan fingerprint density at radius 1 is 1.18 bits per heavy atom. The first-order valence-electron chi connectivity index (χ1n) is 8.86. The number of anilines is 1. The molecule has 0 bridgehead atoms. The molecule has 0 radical (unpaired) electrons. The van der Waals surface area contributed by atoms with E-state index in [0.29, 0.717) is 15.4 Å². The highest BCUT2D eigenvalue weighted by atomic mass is 32.1. The van der Waals surface area contributed by atoms with E-state index in [1.165, 1.54) is 6.08 Å². The van der Waals surface area contributed by atoms with Crippen LogP contribution in [-0.4, -0.2) is 49.8 Å². The number of likely N-dealkylation sites (N-methyl/N-ethyl adjacent to an activating group) is 1. The number of carbonyl (C=O) groups excluding carboxylic acids is 3. The highest BCUT2D eigenvalue weighted by molar-refractivity contribution is 7.18. The summed E-state index contributed by atoms with van der Waals surface area (Å²) in [5.74, 6) is -1.05. The van der Waals surface area contributed by atoms with Gasteiger partial charge >= 0.3 is 5.97 Å². The van der Waals surface area contributed by atoms with Crippen molar-refractivity contribution in [2.45, 2.75) is 13.8 Å². The van der Waals surface area contributed by atoms with Crippen LogP contribution in [0.1, 0.15) is 38.1 Å². The summed E-state index contributed by atoms with van der Waals surface area (Å²) in [7, 11) is 3.59. The maximum atomic E-state index is 12.5. The fourth-order valence-electron chi connectivity index (χ4n) is 2.57. The Hall–Kier alpha value is -2.77. The van der Waals surface area contributed by atoms with E-state index in [2.05, 4.69) is 5.32 Å². The second-order valence-corrected chi connectivity index (χ2v) is 7.40. The van der Waals surface area contributed by atoms with Crippen molar-refractivity contribution < 1.29 is 19.1 Å². The van der Waals surface area contributed by atoms with Crippen molar-refractivity contribution in [1.29, 1.82) is 0 Å². The summed E-state index contributed by atoms with van der Waals surface area (Å²) in [4.78, 5) is 39.5. The van der Waals surface area contributed by atoms with E-state index in [1.54, 1.807) is 38.9 Å². The zero-order chi connectivity index (χ0) is 20.7. The third-order valence-corrected chi connectivity index (χ3v) is 5.05. The van der Waals surface area contributed by atoms with Gasteiger partial charge < -0.3 is 15.0 Å². The minimum absolute atomic E-state index is 0.113. The Morgan fingerprint density at radius 2 is 1.86 bits per heavy atom. The van der Waals surface area contributed by atoms with Crippen LogP contribution in [-0.2, 0) is 9.53 Å². The third kappa shape index (κ3) is 5.61. The van der Waals surface area contributed by atoms with Crippen LogP contribution in [0.15, 0.2) is 36.4 Å². The zero-order valence-corrected chi connectivity index (χ0v) is 17.3. The summed E-state index contributed by atoms with van der Waals surface area (Å²) < 4.78 is 5.11. The number of Topliss-reactive ketones (excluding diaryl/α,β-unsaturated/α-hetero) is 1. The molecule has 1 heterocycles. The average molecular weight is 401 g/mol. The summed E-state index contributed by atoms with van der Waals surface area (Å²) in [5.41, 5.74) is 1.64. The van der Waals surface area contributed by atoms with Crippen LogP contribution in [0.25, 0.3) is 6.08 Å². The Bertz CT molecular complexity index is 885. The maximum absolute atomic E-state index is 12.5. The summed E-state index contributed by atoms with van der Waals surface area (Å²) in [6.07, 6.45) is 3.07. The van der Waals surface area contributed by atoms with Gasteiger partial charge in [-0.1, -0.05) is 30.3 Å². The molecule has 1 aromatic carbocycles. The summed E-state index contributed by atoms with van der Waals surface area (Å²) in [6.45, 7) is 3.82. The molecule has 7 heteroatoms. The number of nitrogens with zero attached hydrogens (tertiary/aromatic N) is 1. The number of amides is 1. The monoisotopic (exact) mass is 400 g/mol. The molecule has 1 aromatic heterocycles. The predicted molar refractivity (Wildman–Crippen MR) is 112 cm³/mol. The number of hydrogen-bond acceptors (Lipinski definition) is 6. The largest absolute Gasteiger partial charge is 0.462 e. The minimum atomic E-state index is -0.553. The molecular formula is C21H24N2O4S. The van der Waals surface area contributed by atoms with Gasteiger partial charge in [0.1, 0.15) is 5.00 Å². The number of rotatable bonds is 8. The SMILES string of the molecule is CCOC(=O)c1c(NC(=O)/C=C/c2ccccc2)sc(C(=O)CN(C)C)c1C. The Balaban J connectivity index is 2.30. The molecular weight excluding hydrogens is 376 g/mol. The van der Waals surface area contributed by atoms with Crippen LogP contribution in [0.5, 0.6) is 0 Å². The first kappa shape index (κ1) is 21.5. The van der Waals surface area contributed by atoms with E-state index in [9.17, 15) is 14.4 Å². The van der Waals surface area contributed by atoms with Crippen LogP contribution in [0.4, 0.5) is 5.00 Å². The van der Waals surface area contributed by atoms with Gasteiger partial charge in [0.15, 0.2) is 5.78 Å². The lowest BCUT2D eigenvalue weighted by Gasteiger charge is -2.07. The fourth-order valence-corrected chi connectivity index (χ4v) is 3.69. The summed E-state index contributed by atoms with van der Waals surface area (Å²) in [6, 6.07) is 9.40. The number of benzene rings is 1. The molecule has 0 unspecified atom stereocenters. The Kier molecular flexibility index (Phi) is 7.66. The number of carbonyl (C=O) groups is 3. The van der Waals surface area contributed by atoms with Gasteiger partial charge in [-0.15, -0.1) is 11.3 Å². The number of thiophene rings is 1. The van der Waals surface area contributed by atoms with Gasteiger partial charge in [0.25, 0.3) is 0 Å². The molecule has 0 saturated heterocycles. The van der Waals surface area contributed by atoms with E-state index < -0.39 is 5.97 Å². The van der Waals surface area contributed by atoms with E-state index in [4.69, 9.17) is 4.74 Å². The van der Waals surface area contributed by atoms with Crippen LogP contribution in [0, 0.1) is 6.92 Å². The van der Waals surface area contributed by atoms with Crippen molar-refractivity contribution in [2.24, 2.45) is 0 Å². The van der Waals surface area contributed by atoms with Crippen molar-refractivity contribution in [3.63, 3.8) is 0 Å². The first-order valence-corrected chi connectivity index (χ1v) is 9.67. The lowest BCUT2D eigenvalue weighted by Crippen LogP contribution is -2.21. The fraction of sp³-hybridized carbons (Fsp3) is 0.286. The van der Waals surface area contributed by atoms with Gasteiger partial charge in [0, 0.05) is 6.08 Å². The Morgan fingerprint density at radius 3 is 2.46 bits per heavy atom. The topological polar surface area (TPSA) is 75.7 Å². The van der Waals surface area contributed by atoms with Gasteiger partial charge in [-0.3, -0.25) is 9.59 Å². The molecule has 1 amide bonds. The number of hydrogen-bond donors (Lipinski definition) is 1. The smallest absolute Gasteiger partial charge is 0.341 e. The van der Waals surface area contributed by atoms with E-state index in [0.717, 1.165) is 16.9 Å². The number of esters is 1. The molecule has 0 saturated carbocycles. The molecule has 148 valence electrons. The lowest BCUT2D eigenvalue weighted by atomic mass is 10.1. The number of ketones is 1. The van der Waals surface area contributed by atoms with Crippen molar-refractivity contribution in [1.82, 2.24) is 4.90 Å². The second kappa shape index (κ2) is 9.96. The molecule has 2 aromatic rings. The summed E-state index contributed by atoms with van der Waals surface area (Å²) in [5, 5.41) is 3.04. The van der Waals surface area contributed by atoms with Crippen LogP contribution < -0.4 is 5.32 Å². The molecule has 0 fully saturated rings. The molecule has 6 nitrogen and oxygen atoms in total. The molecule has 0 aliphatic rings. The highest BCUT2D eigenvalue weighted by Crippen LogP contribution is 2.34. The number of nitrogens with one attached hydrogen (secondary N) is 1. The van der Waals surface area contributed by atoms with Crippen LogP contribution in [0.2, 0.25) is 0 Å². The van der Waals surface area contributed by atoms with E-state index in [-0.39, 0.29) is 30.4 Å². The van der Waals surface area contributed by atoms with Crippen LogP contribution in [0.3, 0.4) is 0 Å². The molecule has 1 N–H and O–H groups in total. The molecule has 2 rings (SSSR count). The normalized spacial score (nSPS) is 11.0. The highest BCUT2D eigenvalue weighted by Gasteiger charge is 2.26. The van der Waals surface area contributed by atoms with E-state index >= 15 is 0 Å². The maximum Gasteiger partial charge on any atom is 0.341 e. The van der Waals surface area contributed by atoms with Gasteiger partial charge in [-0.25, -0.2) is 4.79 Å². The molecule has 0 atom stereocenters. The van der Waals surface area contributed by atoms with Gasteiger partial charge in [0.2, 0.25) is 5.91 Å². The van der Waals surface area contributed by atoms with Crippen molar-refractivity contribution in [3.8, 4) is 0 Å². The predicted octanol–water partition coefficient (Wildman–Crippen LogP) is 3.63. The van der Waals surface area contributed by atoms with Gasteiger partial charge in [-0.2, -0.15) is 0 Å². The van der Waals surface area contributed by atoms with Gasteiger partial charge in [0.05, 0.1) is 23.6 Å². The quantitative estimate of drug-likeness (QED) is 0.416. The molecule has 0 aliphatic heterocycles. The van der Waals surface area contributed by atoms with E-state index in [1.807, 2.05) is 30.3 Å².